The zero-order valence-electron chi connectivity index (χ0n) is 12.7. The summed E-state index contributed by atoms with van der Waals surface area (Å²) >= 11 is 0. The average molecular weight is 325 g/mol. The number of alkyl halides is 3. The van der Waals surface area contributed by atoms with E-state index in [0.29, 0.717) is 6.54 Å². The Morgan fingerprint density at radius 2 is 2.13 bits per heavy atom. The van der Waals surface area contributed by atoms with E-state index in [1.165, 1.54) is 10.9 Å². The number of aromatic nitrogens is 4. The van der Waals surface area contributed by atoms with Crippen LogP contribution in [0.1, 0.15) is 43.2 Å². The van der Waals surface area contributed by atoms with E-state index in [0.717, 1.165) is 31.1 Å². The molecule has 5 nitrogen and oxygen atoms in total. The Hall–Kier alpha value is -1.96. The molecular formula is C15H18F3N5. The summed E-state index contributed by atoms with van der Waals surface area (Å²) in [5, 5.41) is 3.71. The maximum Gasteiger partial charge on any atom is 0.435 e. The van der Waals surface area contributed by atoms with Crippen LogP contribution in [0.4, 0.5) is 13.2 Å². The van der Waals surface area contributed by atoms with E-state index in [1.54, 1.807) is 18.6 Å². The van der Waals surface area contributed by atoms with Gasteiger partial charge in [0.25, 0.3) is 0 Å². The van der Waals surface area contributed by atoms with Gasteiger partial charge in [-0.1, -0.05) is 0 Å². The highest BCUT2D eigenvalue weighted by atomic mass is 19.4. The Kier molecular flexibility index (Phi) is 4.34. The van der Waals surface area contributed by atoms with Crippen LogP contribution >= 0.6 is 0 Å². The molecule has 1 saturated heterocycles. The summed E-state index contributed by atoms with van der Waals surface area (Å²) in [6.07, 6.45) is 3.76. The normalized spacial score (nSPS) is 21.3. The Bertz CT molecular complexity index is 640. The van der Waals surface area contributed by atoms with Crippen LogP contribution in [0.5, 0.6) is 0 Å². The van der Waals surface area contributed by atoms with Crippen molar-refractivity contribution in [2.24, 2.45) is 0 Å². The first kappa shape index (κ1) is 15.9. The molecule has 0 amide bonds. The Morgan fingerprint density at radius 1 is 1.30 bits per heavy atom. The maximum absolute atomic E-state index is 12.7. The van der Waals surface area contributed by atoms with Crippen LogP contribution in [0.2, 0.25) is 0 Å². The molecule has 1 fully saturated rings. The lowest BCUT2D eigenvalue weighted by molar-refractivity contribution is -0.141. The summed E-state index contributed by atoms with van der Waals surface area (Å²) in [6.45, 7) is 3.58. The van der Waals surface area contributed by atoms with Crippen molar-refractivity contribution in [1.29, 1.82) is 0 Å². The molecule has 3 heterocycles. The van der Waals surface area contributed by atoms with Crippen molar-refractivity contribution >= 4 is 0 Å². The molecule has 0 aliphatic carbocycles. The molecule has 23 heavy (non-hydrogen) atoms. The van der Waals surface area contributed by atoms with Gasteiger partial charge in [0, 0.05) is 31.3 Å². The third kappa shape index (κ3) is 3.52. The lowest BCUT2D eigenvalue weighted by Gasteiger charge is -2.36. The number of piperidine rings is 1. The van der Waals surface area contributed by atoms with Crippen LogP contribution in [0.3, 0.4) is 0 Å². The number of hydrogen-bond donors (Lipinski definition) is 0. The van der Waals surface area contributed by atoms with Crippen molar-refractivity contribution in [2.75, 3.05) is 13.1 Å². The van der Waals surface area contributed by atoms with Gasteiger partial charge < -0.3 is 0 Å². The largest absolute Gasteiger partial charge is 0.435 e. The molecule has 1 aliphatic rings. The van der Waals surface area contributed by atoms with E-state index >= 15 is 0 Å². The van der Waals surface area contributed by atoms with Crippen LogP contribution < -0.4 is 0 Å². The molecule has 2 atom stereocenters. The minimum absolute atomic E-state index is 0.0565. The highest BCUT2D eigenvalue weighted by molar-refractivity contribution is 5.05. The van der Waals surface area contributed by atoms with Crippen molar-refractivity contribution in [3.05, 3.63) is 42.2 Å². The summed E-state index contributed by atoms with van der Waals surface area (Å²) in [7, 11) is 0. The quantitative estimate of drug-likeness (QED) is 0.870. The summed E-state index contributed by atoms with van der Waals surface area (Å²) in [5.74, 6) is 0. The van der Waals surface area contributed by atoms with E-state index in [4.69, 9.17) is 0 Å². The van der Waals surface area contributed by atoms with E-state index in [2.05, 4.69) is 20.0 Å². The van der Waals surface area contributed by atoms with Crippen LogP contribution in [0.25, 0.3) is 0 Å². The first-order valence-electron chi connectivity index (χ1n) is 7.57. The molecule has 0 unspecified atom stereocenters. The molecule has 8 heteroatoms. The van der Waals surface area contributed by atoms with Gasteiger partial charge in [0.05, 0.1) is 17.8 Å². The van der Waals surface area contributed by atoms with Crippen molar-refractivity contribution in [1.82, 2.24) is 24.6 Å². The lowest BCUT2D eigenvalue weighted by Crippen LogP contribution is -2.38. The second-order valence-electron chi connectivity index (χ2n) is 5.78. The highest BCUT2D eigenvalue weighted by Gasteiger charge is 2.35. The zero-order chi connectivity index (χ0) is 16.4. The number of hydrogen-bond acceptors (Lipinski definition) is 4. The minimum atomic E-state index is -4.40. The van der Waals surface area contributed by atoms with Gasteiger partial charge in [-0.15, -0.1) is 0 Å². The fourth-order valence-corrected chi connectivity index (χ4v) is 2.96. The van der Waals surface area contributed by atoms with Gasteiger partial charge in [0.15, 0.2) is 5.69 Å². The van der Waals surface area contributed by atoms with Crippen molar-refractivity contribution < 1.29 is 13.2 Å². The number of halogens is 3. The molecular weight excluding hydrogens is 307 g/mol. The van der Waals surface area contributed by atoms with E-state index < -0.39 is 11.9 Å². The Morgan fingerprint density at radius 3 is 2.78 bits per heavy atom. The fraction of sp³-hybridized carbons (Fsp3) is 0.533. The number of rotatable bonds is 3. The first-order chi connectivity index (χ1) is 10.9. The molecule has 0 spiro atoms. The van der Waals surface area contributed by atoms with Gasteiger partial charge in [-0.25, -0.2) is 0 Å². The van der Waals surface area contributed by atoms with Gasteiger partial charge in [-0.2, -0.15) is 18.3 Å². The topological polar surface area (TPSA) is 46.8 Å². The van der Waals surface area contributed by atoms with Gasteiger partial charge in [-0.05, 0) is 32.4 Å². The molecule has 2 aromatic heterocycles. The Balaban J connectivity index is 1.72. The monoisotopic (exact) mass is 325 g/mol. The molecule has 0 bridgehead atoms. The van der Waals surface area contributed by atoms with Crippen molar-refractivity contribution in [3.63, 3.8) is 0 Å². The van der Waals surface area contributed by atoms with Crippen molar-refractivity contribution in [2.45, 2.75) is 38.0 Å². The summed E-state index contributed by atoms with van der Waals surface area (Å²) < 4.78 is 39.5. The smallest absolute Gasteiger partial charge is 0.293 e. The first-order valence-corrected chi connectivity index (χ1v) is 7.57. The third-order valence-electron chi connectivity index (χ3n) is 4.26. The molecule has 1 aliphatic heterocycles. The minimum Gasteiger partial charge on any atom is -0.293 e. The maximum atomic E-state index is 12.7. The third-order valence-corrected chi connectivity index (χ3v) is 4.26. The van der Waals surface area contributed by atoms with E-state index in [-0.39, 0.29) is 12.1 Å². The van der Waals surface area contributed by atoms with E-state index in [9.17, 15) is 13.2 Å². The number of likely N-dealkylation sites (tertiary alicyclic amines) is 1. The fourth-order valence-electron chi connectivity index (χ4n) is 2.96. The Labute approximate surface area is 132 Å². The average Bonchev–Trinajstić information content (AvgIpc) is 3.05. The van der Waals surface area contributed by atoms with Gasteiger partial charge in [0.1, 0.15) is 0 Å². The molecule has 0 saturated carbocycles. The molecule has 3 rings (SSSR count). The van der Waals surface area contributed by atoms with E-state index in [1.807, 2.05) is 6.92 Å². The standard InChI is InChI=1S/C15H18F3N5/c1-11(13-9-19-5-6-20-13)22-7-2-3-12(10-22)23-8-4-14(21-23)15(16,17)18/h4-6,8-9,11-12H,2-3,7,10H2,1H3/t11-,12-/m1/s1. The van der Waals surface area contributed by atoms with Gasteiger partial charge in [0.2, 0.25) is 0 Å². The van der Waals surface area contributed by atoms with Crippen molar-refractivity contribution in [3.8, 4) is 0 Å². The molecule has 0 radical (unpaired) electrons. The lowest BCUT2D eigenvalue weighted by atomic mass is 10.0. The predicted octanol–water partition coefficient (Wildman–Crippen LogP) is 3.09. The van der Waals surface area contributed by atoms with Crippen LogP contribution in [-0.2, 0) is 6.18 Å². The summed E-state index contributed by atoms with van der Waals surface area (Å²) in [6, 6.07) is 1.05. The zero-order valence-corrected chi connectivity index (χ0v) is 12.7. The van der Waals surface area contributed by atoms with Gasteiger partial charge >= 0.3 is 6.18 Å². The number of nitrogens with zero attached hydrogens (tertiary/aromatic N) is 5. The second kappa shape index (κ2) is 6.27. The van der Waals surface area contributed by atoms with Crippen LogP contribution in [0.15, 0.2) is 30.9 Å². The summed E-state index contributed by atoms with van der Waals surface area (Å²) in [4.78, 5) is 10.6. The highest BCUT2D eigenvalue weighted by Crippen LogP contribution is 2.31. The molecule has 124 valence electrons. The second-order valence-corrected chi connectivity index (χ2v) is 5.78. The van der Waals surface area contributed by atoms with Crippen LogP contribution in [0, 0.1) is 0 Å². The molecule has 0 aromatic carbocycles. The van der Waals surface area contributed by atoms with Crippen LogP contribution in [-0.4, -0.2) is 37.7 Å². The molecule has 0 N–H and O–H groups in total. The molecule has 2 aromatic rings. The SMILES string of the molecule is C[C@H](c1cnccn1)N1CCC[C@@H](n2ccc(C(F)(F)F)n2)C1. The predicted molar refractivity (Wildman–Crippen MR) is 77.5 cm³/mol. The summed E-state index contributed by atoms with van der Waals surface area (Å²) in [5.41, 5.74) is 0.0289. The van der Waals surface area contributed by atoms with Gasteiger partial charge in [-0.3, -0.25) is 19.5 Å².